The molecule has 25 heavy (non-hydrogen) atoms. The second kappa shape index (κ2) is 7.17. The van der Waals surface area contributed by atoms with E-state index in [1.54, 1.807) is 36.5 Å². The molecule has 0 fully saturated rings. The zero-order chi connectivity index (χ0) is 18.0. The summed E-state index contributed by atoms with van der Waals surface area (Å²) in [5.74, 6) is -0.314. The SMILES string of the molecule is CC(=O)c1ccc(C(=O)Nc2ccc(Cl)c(-c3ccc(C)cn3)c2)s1. The van der Waals surface area contributed by atoms with Crippen molar-refractivity contribution in [3.05, 3.63) is 69.0 Å². The number of Topliss-reactive ketones (excluding diaryl/α,β-unsaturated/α-hetero) is 1. The number of nitrogens with one attached hydrogen (secondary N) is 1. The summed E-state index contributed by atoms with van der Waals surface area (Å²) in [4.78, 5) is 29.1. The third-order valence-corrected chi connectivity index (χ3v) is 5.10. The molecule has 1 aromatic carbocycles. The number of thiophene rings is 1. The average molecular weight is 371 g/mol. The summed E-state index contributed by atoms with van der Waals surface area (Å²) in [5, 5.41) is 3.39. The first kappa shape index (κ1) is 17.3. The highest BCUT2D eigenvalue weighted by molar-refractivity contribution is 7.16. The van der Waals surface area contributed by atoms with Crippen molar-refractivity contribution in [2.24, 2.45) is 0 Å². The van der Waals surface area contributed by atoms with Gasteiger partial charge in [0, 0.05) is 17.4 Å². The molecular formula is C19H15ClN2O2S. The van der Waals surface area contributed by atoms with E-state index in [9.17, 15) is 9.59 Å². The Morgan fingerprint density at radius 2 is 1.84 bits per heavy atom. The largest absolute Gasteiger partial charge is 0.321 e. The zero-order valence-corrected chi connectivity index (χ0v) is 15.2. The van der Waals surface area contributed by atoms with Crippen molar-refractivity contribution < 1.29 is 9.59 Å². The van der Waals surface area contributed by atoms with Crippen LogP contribution in [0.1, 0.15) is 31.8 Å². The smallest absolute Gasteiger partial charge is 0.265 e. The minimum atomic E-state index is -0.261. The molecule has 0 aliphatic carbocycles. The van der Waals surface area contributed by atoms with Crippen LogP contribution in [0.25, 0.3) is 11.3 Å². The van der Waals surface area contributed by atoms with E-state index in [2.05, 4.69) is 10.3 Å². The van der Waals surface area contributed by atoms with Gasteiger partial charge in [0.25, 0.3) is 5.91 Å². The van der Waals surface area contributed by atoms with Gasteiger partial charge in [-0.3, -0.25) is 14.6 Å². The second-order valence-corrected chi connectivity index (χ2v) is 7.08. The molecule has 1 amide bonds. The van der Waals surface area contributed by atoms with Gasteiger partial charge >= 0.3 is 0 Å². The molecule has 0 bridgehead atoms. The highest BCUT2D eigenvalue weighted by Gasteiger charge is 2.13. The molecule has 6 heteroatoms. The number of carbonyl (C=O) groups excluding carboxylic acids is 2. The van der Waals surface area contributed by atoms with Crippen LogP contribution in [0.4, 0.5) is 5.69 Å². The summed E-state index contributed by atoms with van der Waals surface area (Å²) in [5.41, 5.74) is 3.16. The minimum Gasteiger partial charge on any atom is -0.321 e. The van der Waals surface area contributed by atoms with Crippen molar-refractivity contribution in [3.63, 3.8) is 0 Å². The summed E-state index contributed by atoms with van der Waals surface area (Å²) in [6.45, 7) is 3.44. The summed E-state index contributed by atoms with van der Waals surface area (Å²) < 4.78 is 0. The van der Waals surface area contributed by atoms with Gasteiger partial charge in [0.05, 0.1) is 20.5 Å². The number of amides is 1. The number of hydrogen-bond acceptors (Lipinski definition) is 4. The number of anilines is 1. The molecule has 0 radical (unpaired) electrons. The van der Waals surface area contributed by atoms with Crippen LogP contribution in [0.2, 0.25) is 5.02 Å². The van der Waals surface area contributed by atoms with Gasteiger partial charge in [-0.15, -0.1) is 11.3 Å². The van der Waals surface area contributed by atoms with E-state index in [1.807, 2.05) is 19.1 Å². The van der Waals surface area contributed by atoms with Gasteiger partial charge in [-0.1, -0.05) is 17.7 Å². The number of rotatable bonds is 4. The first-order chi connectivity index (χ1) is 11.9. The summed E-state index contributed by atoms with van der Waals surface area (Å²) in [7, 11) is 0. The number of nitrogens with zero attached hydrogens (tertiary/aromatic N) is 1. The monoisotopic (exact) mass is 370 g/mol. The van der Waals surface area contributed by atoms with Crippen LogP contribution in [0.3, 0.4) is 0 Å². The summed E-state index contributed by atoms with van der Waals surface area (Å²) >= 11 is 7.45. The lowest BCUT2D eigenvalue weighted by Gasteiger charge is -2.09. The van der Waals surface area contributed by atoms with Crippen LogP contribution < -0.4 is 5.32 Å². The molecule has 4 nitrogen and oxygen atoms in total. The predicted octanol–water partition coefficient (Wildman–Crippen LogP) is 5.23. The fraction of sp³-hybridized carbons (Fsp3) is 0.105. The maximum absolute atomic E-state index is 12.4. The molecule has 0 aliphatic rings. The van der Waals surface area contributed by atoms with Gasteiger partial charge in [-0.2, -0.15) is 0 Å². The van der Waals surface area contributed by atoms with Crippen LogP contribution in [0, 0.1) is 6.92 Å². The fourth-order valence-electron chi connectivity index (χ4n) is 2.27. The van der Waals surface area contributed by atoms with E-state index in [0.717, 1.165) is 16.8 Å². The van der Waals surface area contributed by atoms with Gasteiger partial charge in [0.1, 0.15) is 0 Å². The lowest BCUT2D eigenvalue weighted by molar-refractivity contribution is 0.101. The number of pyridine rings is 1. The van der Waals surface area contributed by atoms with Crippen molar-refractivity contribution in [2.75, 3.05) is 5.32 Å². The number of benzene rings is 1. The zero-order valence-electron chi connectivity index (χ0n) is 13.7. The third-order valence-electron chi connectivity index (χ3n) is 3.59. The number of aromatic nitrogens is 1. The van der Waals surface area contributed by atoms with Crippen molar-refractivity contribution in [2.45, 2.75) is 13.8 Å². The Kier molecular flexibility index (Phi) is 4.97. The van der Waals surface area contributed by atoms with Crippen molar-refractivity contribution in [3.8, 4) is 11.3 Å². The predicted molar refractivity (Wildman–Crippen MR) is 102 cm³/mol. The maximum atomic E-state index is 12.4. The van der Waals surface area contributed by atoms with E-state index in [1.165, 1.54) is 18.3 Å². The van der Waals surface area contributed by atoms with Crippen LogP contribution in [0.15, 0.2) is 48.7 Å². The fourth-order valence-corrected chi connectivity index (χ4v) is 3.28. The molecule has 0 aliphatic heterocycles. The van der Waals surface area contributed by atoms with Crippen LogP contribution in [-0.2, 0) is 0 Å². The molecule has 0 saturated carbocycles. The standard InChI is InChI=1S/C19H15ClN2O2S/c1-11-3-6-16(21-10-11)14-9-13(4-5-15(14)20)22-19(24)18-8-7-17(25-18)12(2)23/h3-10H,1-2H3,(H,22,24). The first-order valence-corrected chi connectivity index (χ1v) is 8.78. The Morgan fingerprint density at radius 1 is 1.08 bits per heavy atom. The van der Waals surface area contributed by atoms with E-state index < -0.39 is 0 Å². The lowest BCUT2D eigenvalue weighted by atomic mass is 10.1. The summed E-state index contributed by atoms with van der Waals surface area (Å²) in [6.07, 6.45) is 1.77. The van der Waals surface area contributed by atoms with Gasteiger partial charge in [-0.25, -0.2) is 0 Å². The van der Waals surface area contributed by atoms with Gasteiger partial charge in [0.15, 0.2) is 5.78 Å². The Labute approximate surface area is 154 Å². The molecule has 2 heterocycles. The van der Waals surface area contributed by atoms with E-state index in [-0.39, 0.29) is 11.7 Å². The quantitative estimate of drug-likeness (QED) is 0.640. The molecule has 0 unspecified atom stereocenters. The van der Waals surface area contributed by atoms with Crippen molar-refractivity contribution >= 4 is 40.3 Å². The molecule has 0 saturated heterocycles. The highest BCUT2D eigenvalue weighted by atomic mass is 35.5. The molecule has 3 rings (SSSR count). The van der Waals surface area contributed by atoms with Crippen LogP contribution in [-0.4, -0.2) is 16.7 Å². The Bertz CT molecular complexity index is 948. The number of hydrogen-bond donors (Lipinski definition) is 1. The first-order valence-electron chi connectivity index (χ1n) is 7.59. The number of carbonyl (C=O) groups is 2. The Morgan fingerprint density at radius 3 is 2.48 bits per heavy atom. The molecule has 3 aromatic rings. The van der Waals surface area contributed by atoms with Crippen molar-refractivity contribution in [1.29, 1.82) is 0 Å². The number of aryl methyl sites for hydroxylation is 1. The average Bonchev–Trinajstić information content (AvgIpc) is 3.08. The number of halogens is 1. The highest BCUT2D eigenvalue weighted by Crippen LogP contribution is 2.30. The Balaban J connectivity index is 1.85. The van der Waals surface area contributed by atoms with E-state index in [4.69, 9.17) is 11.6 Å². The molecule has 1 N–H and O–H groups in total. The minimum absolute atomic E-state index is 0.0525. The molecule has 2 aromatic heterocycles. The molecular weight excluding hydrogens is 356 g/mol. The molecule has 0 spiro atoms. The third kappa shape index (κ3) is 3.95. The second-order valence-electron chi connectivity index (χ2n) is 5.59. The van der Waals surface area contributed by atoms with E-state index >= 15 is 0 Å². The lowest BCUT2D eigenvalue weighted by Crippen LogP contribution is -2.10. The summed E-state index contributed by atoms with van der Waals surface area (Å²) in [6, 6.07) is 12.4. The molecule has 126 valence electrons. The number of ketones is 1. The Hall–Kier alpha value is -2.50. The van der Waals surface area contributed by atoms with E-state index in [0.29, 0.717) is 20.5 Å². The van der Waals surface area contributed by atoms with Gasteiger partial charge in [0.2, 0.25) is 0 Å². The molecule has 0 atom stereocenters. The van der Waals surface area contributed by atoms with Crippen molar-refractivity contribution in [1.82, 2.24) is 4.98 Å². The van der Waals surface area contributed by atoms with Gasteiger partial charge < -0.3 is 5.32 Å². The van der Waals surface area contributed by atoms with Crippen LogP contribution >= 0.6 is 22.9 Å². The van der Waals surface area contributed by atoms with Gasteiger partial charge in [-0.05, 0) is 55.8 Å². The van der Waals surface area contributed by atoms with Crippen LogP contribution in [0.5, 0.6) is 0 Å². The normalized spacial score (nSPS) is 10.5. The maximum Gasteiger partial charge on any atom is 0.265 e. The topological polar surface area (TPSA) is 59.1 Å².